The second kappa shape index (κ2) is 10.6. The molecule has 1 heterocycles. The molecule has 0 aromatic heterocycles. The number of benzene rings is 2. The predicted molar refractivity (Wildman–Crippen MR) is 122 cm³/mol. The molecule has 2 aromatic rings. The molecular weight excluding hydrogens is 410 g/mol. The van der Waals surface area contributed by atoms with Gasteiger partial charge in [0.25, 0.3) is 0 Å². The van der Waals surface area contributed by atoms with E-state index in [1.54, 1.807) is 28.4 Å². The van der Waals surface area contributed by atoms with Crippen LogP contribution < -0.4 is 24.3 Å². The Bertz CT molecular complexity index is 944. The van der Waals surface area contributed by atoms with Crippen molar-refractivity contribution in [1.82, 2.24) is 5.32 Å². The average molecular weight is 444 g/mol. The number of methoxy groups -OCH3 is 4. The normalized spacial score (nSPS) is 17.1. The SMILES string of the molecule is COc1ccc(CC(C(C)CC(=O)O)[C@@H]2NCCc3cc(OC)c(OC)cc32)cc1OC. The third-order valence-electron chi connectivity index (χ3n) is 6.31. The fourth-order valence-corrected chi connectivity index (χ4v) is 4.65. The Morgan fingerprint density at radius 1 is 1.00 bits per heavy atom. The van der Waals surface area contributed by atoms with Crippen LogP contribution >= 0.6 is 0 Å². The zero-order valence-corrected chi connectivity index (χ0v) is 19.4. The lowest BCUT2D eigenvalue weighted by atomic mass is 9.75. The van der Waals surface area contributed by atoms with Crippen LogP contribution in [0.5, 0.6) is 23.0 Å². The molecule has 2 N–H and O–H groups in total. The van der Waals surface area contributed by atoms with Crippen molar-refractivity contribution >= 4 is 5.97 Å². The van der Waals surface area contributed by atoms with Crippen LogP contribution in [-0.4, -0.2) is 46.1 Å². The van der Waals surface area contributed by atoms with Gasteiger partial charge < -0.3 is 29.4 Å². The highest BCUT2D eigenvalue weighted by Crippen LogP contribution is 2.41. The molecular formula is C25H33NO6. The molecule has 7 nitrogen and oxygen atoms in total. The molecule has 174 valence electrons. The number of hydrogen-bond donors (Lipinski definition) is 2. The predicted octanol–water partition coefficient (Wildman–Crippen LogP) is 3.88. The van der Waals surface area contributed by atoms with E-state index in [1.165, 1.54) is 5.56 Å². The van der Waals surface area contributed by atoms with E-state index in [1.807, 2.05) is 37.3 Å². The Balaban J connectivity index is 2.01. The third-order valence-corrected chi connectivity index (χ3v) is 6.31. The number of aliphatic carboxylic acids is 1. The van der Waals surface area contributed by atoms with Gasteiger partial charge in [-0.05, 0) is 72.2 Å². The monoisotopic (exact) mass is 443 g/mol. The number of carbonyl (C=O) groups is 1. The average Bonchev–Trinajstić information content (AvgIpc) is 2.80. The summed E-state index contributed by atoms with van der Waals surface area (Å²) in [5, 5.41) is 13.1. The second-order valence-electron chi connectivity index (χ2n) is 8.22. The Labute approximate surface area is 189 Å². The van der Waals surface area contributed by atoms with Gasteiger partial charge in [-0.15, -0.1) is 0 Å². The Kier molecular flexibility index (Phi) is 7.85. The quantitative estimate of drug-likeness (QED) is 0.576. The second-order valence-corrected chi connectivity index (χ2v) is 8.22. The zero-order chi connectivity index (χ0) is 23.3. The van der Waals surface area contributed by atoms with Crippen molar-refractivity contribution in [1.29, 1.82) is 0 Å². The molecule has 0 saturated carbocycles. The van der Waals surface area contributed by atoms with Gasteiger partial charge in [-0.1, -0.05) is 13.0 Å². The Hall–Kier alpha value is -2.93. The first-order valence-electron chi connectivity index (χ1n) is 10.8. The largest absolute Gasteiger partial charge is 0.493 e. The lowest BCUT2D eigenvalue weighted by Crippen LogP contribution is -2.38. The van der Waals surface area contributed by atoms with E-state index in [0.717, 1.165) is 24.1 Å². The molecule has 32 heavy (non-hydrogen) atoms. The van der Waals surface area contributed by atoms with Crippen molar-refractivity contribution < 1.29 is 28.8 Å². The standard InChI is InChI=1S/C25H33NO6/c1-15(10-24(27)28)18(11-16-6-7-20(29-2)21(12-16)30-3)25-19-14-23(32-5)22(31-4)13-17(19)8-9-26-25/h6-7,12-15,18,25-26H,8-11H2,1-5H3,(H,27,28)/t15?,18?,25-/m0/s1. The summed E-state index contributed by atoms with van der Waals surface area (Å²) in [5.41, 5.74) is 3.40. The molecule has 1 aliphatic rings. The van der Waals surface area contributed by atoms with E-state index in [-0.39, 0.29) is 24.3 Å². The smallest absolute Gasteiger partial charge is 0.303 e. The van der Waals surface area contributed by atoms with Crippen LogP contribution in [0.3, 0.4) is 0 Å². The highest BCUT2D eigenvalue weighted by molar-refractivity contribution is 5.67. The molecule has 3 atom stereocenters. The molecule has 2 unspecified atom stereocenters. The first-order valence-corrected chi connectivity index (χ1v) is 10.8. The van der Waals surface area contributed by atoms with Crippen molar-refractivity contribution in [2.75, 3.05) is 35.0 Å². The number of rotatable bonds is 10. The lowest BCUT2D eigenvalue weighted by molar-refractivity contribution is -0.138. The third kappa shape index (κ3) is 5.10. The van der Waals surface area contributed by atoms with E-state index >= 15 is 0 Å². The van der Waals surface area contributed by atoms with Crippen LogP contribution in [0.2, 0.25) is 0 Å². The summed E-state index contributed by atoms with van der Waals surface area (Å²) < 4.78 is 21.9. The summed E-state index contributed by atoms with van der Waals surface area (Å²) in [6.07, 6.45) is 1.67. The molecule has 3 rings (SSSR count). The molecule has 0 bridgehead atoms. The number of carboxylic acids is 1. The van der Waals surface area contributed by atoms with E-state index in [2.05, 4.69) is 5.32 Å². The molecule has 0 fully saturated rings. The first-order chi connectivity index (χ1) is 15.4. The summed E-state index contributed by atoms with van der Waals surface area (Å²) in [6, 6.07) is 9.93. The first kappa shape index (κ1) is 23.7. The van der Waals surface area contributed by atoms with E-state index in [9.17, 15) is 9.90 Å². The van der Waals surface area contributed by atoms with Crippen LogP contribution in [-0.2, 0) is 17.6 Å². The lowest BCUT2D eigenvalue weighted by Gasteiger charge is -2.37. The Morgan fingerprint density at radius 2 is 1.62 bits per heavy atom. The maximum atomic E-state index is 11.6. The van der Waals surface area contributed by atoms with Gasteiger partial charge >= 0.3 is 5.97 Å². The van der Waals surface area contributed by atoms with Crippen LogP contribution in [0, 0.1) is 11.8 Å². The highest BCUT2D eigenvalue weighted by atomic mass is 16.5. The van der Waals surface area contributed by atoms with Crippen LogP contribution in [0.4, 0.5) is 0 Å². The van der Waals surface area contributed by atoms with Gasteiger partial charge in [0.05, 0.1) is 28.4 Å². The van der Waals surface area contributed by atoms with Gasteiger partial charge in [0, 0.05) is 12.5 Å². The zero-order valence-electron chi connectivity index (χ0n) is 19.4. The Morgan fingerprint density at radius 3 is 2.25 bits per heavy atom. The summed E-state index contributed by atoms with van der Waals surface area (Å²) >= 11 is 0. The maximum Gasteiger partial charge on any atom is 0.303 e. The van der Waals surface area contributed by atoms with Gasteiger partial charge in [-0.3, -0.25) is 4.79 Å². The molecule has 2 aromatic carbocycles. The van der Waals surface area contributed by atoms with Gasteiger partial charge in [0.15, 0.2) is 23.0 Å². The van der Waals surface area contributed by atoms with E-state index in [4.69, 9.17) is 18.9 Å². The minimum absolute atomic E-state index is 0.0130. The number of carboxylic acid groups (broad SMARTS) is 1. The molecule has 7 heteroatoms. The van der Waals surface area contributed by atoms with Crippen LogP contribution in [0.15, 0.2) is 30.3 Å². The minimum Gasteiger partial charge on any atom is -0.493 e. The van der Waals surface area contributed by atoms with E-state index < -0.39 is 5.97 Å². The fourth-order valence-electron chi connectivity index (χ4n) is 4.65. The van der Waals surface area contributed by atoms with Gasteiger partial charge in [-0.25, -0.2) is 0 Å². The number of fused-ring (bicyclic) bond motifs is 1. The van der Waals surface area contributed by atoms with Gasteiger partial charge in [-0.2, -0.15) is 0 Å². The van der Waals surface area contributed by atoms with Gasteiger partial charge in [0.1, 0.15) is 0 Å². The number of nitrogens with one attached hydrogen (secondary N) is 1. The van der Waals surface area contributed by atoms with Crippen molar-refractivity contribution in [3.63, 3.8) is 0 Å². The fraction of sp³-hybridized carbons (Fsp3) is 0.480. The van der Waals surface area contributed by atoms with E-state index in [0.29, 0.717) is 29.4 Å². The highest BCUT2D eigenvalue weighted by Gasteiger charge is 2.33. The molecule has 0 amide bonds. The van der Waals surface area contributed by atoms with Crippen LogP contribution in [0.1, 0.15) is 36.1 Å². The summed E-state index contributed by atoms with van der Waals surface area (Å²) in [7, 11) is 6.49. The topological polar surface area (TPSA) is 86.3 Å². The van der Waals surface area contributed by atoms with Crippen molar-refractivity contribution in [3.8, 4) is 23.0 Å². The molecule has 0 spiro atoms. The molecule has 0 radical (unpaired) electrons. The number of ether oxygens (including phenoxy) is 4. The summed E-state index contributed by atoms with van der Waals surface area (Å²) in [5.74, 6) is 1.91. The molecule has 0 saturated heterocycles. The summed E-state index contributed by atoms with van der Waals surface area (Å²) in [4.78, 5) is 11.6. The van der Waals surface area contributed by atoms with Crippen LogP contribution in [0.25, 0.3) is 0 Å². The summed E-state index contributed by atoms with van der Waals surface area (Å²) in [6.45, 7) is 2.83. The van der Waals surface area contributed by atoms with Crippen molar-refractivity contribution in [2.24, 2.45) is 11.8 Å². The molecule has 1 aliphatic heterocycles. The van der Waals surface area contributed by atoms with Gasteiger partial charge in [0.2, 0.25) is 0 Å². The molecule has 0 aliphatic carbocycles. The van der Waals surface area contributed by atoms with Crippen molar-refractivity contribution in [2.45, 2.75) is 32.2 Å². The number of hydrogen-bond acceptors (Lipinski definition) is 6. The maximum absolute atomic E-state index is 11.6. The van der Waals surface area contributed by atoms with Crippen molar-refractivity contribution in [3.05, 3.63) is 47.0 Å². The minimum atomic E-state index is -0.793.